The van der Waals surface area contributed by atoms with E-state index in [9.17, 15) is 32.7 Å². The van der Waals surface area contributed by atoms with Crippen molar-refractivity contribution >= 4 is 47.4 Å². The number of benzene rings is 1. The Balaban J connectivity index is 0.000000286. The Hall–Kier alpha value is -6.61. The first-order valence-electron chi connectivity index (χ1n) is 16.7. The van der Waals surface area contributed by atoms with Crippen molar-refractivity contribution in [2.24, 2.45) is 0 Å². The summed E-state index contributed by atoms with van der Waals surface area (Å²) in [5.41, 5.74) is 3.03. The molecule has 0 aliphatic heterocycles. The number of pyridine rings is 4. The molecule has 296 valence electrons. The molecule has 0 saturated heterocycles. The van der Waals surface area contributed by atoms with Crippen molar-refractivity contribution in [2.75, 3.05) is 0 Å². The summed E-state index contributed by atoms with van der Waals surface area (Å²) in [5.74, 6) is -3.56. The minimum absolute atomic E-state index is 0. The summed E-state index contributed by atoms with van der Waals surface area (Å²) in [4.78, 5) is 50.2. The quantitative estimate of drug-likeness (QED) is 0.0632. The number of isothiocyanates is 1. The number of rotatable bonds is 11. The fraction of sp³-hybridized carbons (Fsp3) is 0.125. The number of carboxylic acid groups (broad SMARTS) is 3. The number of aromatic nitrogens is 6. The van der Waals surface area contributed by atoms with Crippen LogP contribution in [0.3, 0.4) is 0 Å². The summed E-state index contributed by atoms with van der Waals surface area (Å²) in [6, 6.07) is 20.4. The number of unbranched alkanes of at least 4 members (excludes halogenated alkanes) is 1. The molecule has 0 aliphatic carbocycles. The number of nitrogens with zero attached hydrogens (tertiary/aromatic N) is 7. The van der Waals surface area contributed by atoms with E-state index in [1.807, 2.05) is 12.2 Å². The number of aromatic carboxylic acids is 3. The van der Waals surface area contributed by atoms with Crippen LogP contribution in [0.5, 0.6) is 0 Å². The van der Waals surface area contributed by atoms with Crippen LogP contribution >= 0.6 is 12.2 Å². The molecule has 5 heterocycles. The van der Waals surface area contributed by atoms with Crippen molar-refractivity contribution in [2.45, 2.75) is 32.4 Å². The second-order valence-corrected chi connectivity index (χ2v) is 11.9. The van der Waals surface area contributed by atoms with E-state index >= 15 is 0 Å². The van der Waals surface area contributed by atoms with Crippen LogP contribution in [-0.2, 0) is 32.1 Å². The van der Waals surface area contributed by atoms with Crippen LogP contribution in [0, 0.1) is 0 Å². The molecule has 0 aliphatic rings. The molecule has 0 fully saturated rings. The van der Waals surface area contributed by atoms with Gasteiger partial charge in [0.05, 0.1) is 39.5 Å². The van der Waals surface area contributed by atoms with Gasteiger partial charge >= 0.3 is 43.6 Å². The SMILES string of the molecule is CCCCc1ccc(/C=C/c2ccnc(-c3cc(C(F)(F)F)n[n-]3)c2)cc1.O=C(O)c1ccnc(-c2cc(C(=O)O)cc(-c3cc(C(=O)O)ccn3)n2)c1.[N-]=C=S.[Ru+2]. The molecular weight excluding hydrogens is 865 g/mol. The van der Waals surface area contributed by atoms with E-state index in [0.717, 1.165) is 23.6 Å². The summed E-state index contributed by atoms with van der Waals surface area (Å²) >= 11 is 3.70. The molecule has 0 atom stereocenters. The van der Waals surface area contributed by atoms with Crippen molar-refractivity contribution in [3.63, 3.8) is 0 Å². The fourth-order valence-electron chi connectivity index (χ4n) is 4.94. The van der Waals surface area contributed by atoms with Crippen LogP contribution in [0.4, 0.5) is 13.2 Å². The normalized spacial score (nSPS) is 10.6. The van der Waals surface area contributed by atoms with Crippen LogP contribution < -0.4 is 5.10 Å². The van der Waals surface area contributed by atoms with Gasteiger partial charge in [0.2, 0.25) is 0 Å². The molecule has 0 unspecified atom stereocenters. The van der Waals surface area contributed by atoms with E-state index in [4.69, 9.17) is 15.6 Å². The number of hydrogen-bond acceptors (Lipinski definition) is 9. The smallest absolute Gasteiger partial charge is 0.753 e. The molecular formula is C40H30F3N7O6RuS. The maximum absolute atomic E-state index is 12.7. The third-order valence-corrected chi connectivity index (χ3v) is 7.75. The number of aryl methyl sites for hydroxylation is 1. The number of carbonyl (C=O) groups is 3. The van der Waals surface area contributed by atoms with Gasteiger partial charge in [-0.1, -0.05) is 67.7 Å². The predicted molar refractivity (Wildman–Crippen MR) is 207 cm³/mol. The Morgan fingerprint density at radius 1 is 0.724 bits per heavy atom. The number of carboxylic acids is 3. The van der Waals surface area contributed by atoms with Crippen molar-refractivity contribution in [3.8, 4) is 34.2 Å². The summed E-state index contributed by atoms with van der Waals surface area (Å²) < 4.78 is 38.0. The molecule has 6 aromatic rings. The van der Waals surface area contributed by atoms with Crippen molar-refractivity contribution in [3.05, 3.63) is 142 Å². The molecule has 13 nitrogen and oxygen atoms in total. The van der Waals surface area contributed by atoms with Gasteiger partial charge in [-0.05, 0) is 84.1 Å². The van der Waals surface area contributed by atoms with Gasteiger partial charge in [-0.3, -0.25) is 15.0 Å². The summed E-state index contributed by atoms with van der Waals surface area (Å²) in [7, 11) is 0. The van der Waals surface area contributed by atoms with Gasteiger partial charge in [0.1, 0.15) is 5.69 Å². The zero-order valence-electron chi connectivity index (χ0n) is 30.1. The largest absolute Gasteiger partial charge is 2.00 e. The van der Waals surface area contributed by atoms with Gasteiger partial charge in [-0.2, -0.15) is 18.3 Å². The monoisotopic (exact) mass is 895 g/mol. The Labute approximate surface area is 347 Å². The van der Waals surface area contributed by atoms with E-state index < -0.39 is 29.8 Å². The third-order valence-electron chi connectivity index (χ3n) is 7.75. The number of hydrogen-bond donors (Lipinski definition) is 3. The first-order valence-corrected chi connectivity index (χ1v) is 17.1. The minimum atomic E-state index is -4.51. The molecule has 3 N–H and O–H groups in total. The maximum atomic E-state index is 12.7. The molecule has 0 radical (unpaired) electrons. The van der Waals surface area contributed by atoms with Crippen LogP contribution in [0.15, 0.2) is 97.5 Å². The fourth-order valence-corrected chi connectivity index (χ4v) is 4.94. The molecule has 6 rings (SSSR count). The van der Waals surface area contributed by atoms with Crippen molar-refractivity contribution in [1.82, 2.24) is 30.1 Å². The standard InChI is InChI=1S/C21H19F3N3.C18H11N3O6.CNS.Ru/c1-2-3-4-15-5-7-16(8-6-15)9-10-17-11-12-25-18(13-17)19-14-20(27-26-19)21(22,23)24;22-16(23)9-1-3-19-12(5-9)14-7-11(18(26)27)8-15(21-14)13-6-10(17(24)25)2-4-20-13;2-1-3;/h5-14H,2-4H2,1H3;1-8H,(H,22,23)(H,24,25)(H,26,27);;/q-1;;-1;+2/b10-9+;;;. The number of thiocarbonyl (C=S) groups is 1. The van der Waals surface area contributed by atoms with Crippen molar-refractivity contribution in [1.29, 1.82) is 0 Å². The molecule has 1 aromatic carbocycles. The minimum Gasteiger partial charge on any atom is -0.753 e. The number of halogens is 3. The first-order chi connectivity index (χ1) is 27.2. The van der Waals surface area contributed by atoms with Gasteiger partial charge in [0.15, 0.2) is 0 Å². The first kappa shape index (κ1) is 45.8. The second-order valence-electron chi connectivity index (χ2n) is 11.8. The van der Waals surface area contributed by atoms with Crippen LogP contribution in [0.2, 0.25) is 0 Å². The molecule has 0 bridgehead atoms. The Morgan fingerprint density at radius 3 is 1.69 bits per heavy atom. The Kier molecular flexibility index (Phi) is 17.1. The van der Waals surface area contributed by atoms with Crippen LogP contribution in [0.25, 0.3) is 51.7 Å². The van der Waals surface area contributed by atoms with E-state index in [-0.39, 0.29) is 64.6 Å². The molecule has 0 saturated carbocycles. The second kappa shape index (κ2) is 21.6. The average molecular weight is 895 g/mol. The third kappa shape index (κ3) is 13.3. The molecule has 5 aromatic heterocycles. The van der Waals surface area contributed by atoms with E-state index in [2.05, 4.69) is 73.5 Å². The summed E-state index contributed by atoms with van der Waals surface area (Å²) in [6.45, 7) is 2.17. The molecule has 58 heavy (non-hydrogen) atoms. The average Bonchev–Trinajstić information content (AvgIpc) is 3.72. The summed E-state index contributed by atoms with van der Waals surface area (Å²) in [5, 5.41) is 42.8. The van der Waals surface area contributed by atoms with Gasteiger partial charge in [-0.15, -0.1) is 0 Å². The topological polar surface area (TPSA) is 213 Å². The Morgan fingerprint density at radius 2 is 1.21 bits per heavy atom. The maximum Gasteiger partial charge on any atom is 2.00 e. The molecule has 0 amide bonds. The molecule has 18 heteroatoms. The van der Waals surface area contributed by atoms with E-state index in [1.54, 1.807) is 18.3 Å². The molecule has 0 spiro atoms. The number of alkyl halides is 3. The Bertz CT molecular complexity index is 2360. The summed E-state index contributed by atoms with van der Waals surface area (Å²) in [6.07, 6.45) is 6.87. The van der Waals surface area contributed by atoms with Gasteiger partial charge in [0.25, 0.3) is 0 Å². The van der Waals surface area contributed by atoms with Gasteiger partial charge < -0.3 is 30.9 Å². The zero-order valence-corrected chi connectivity index (χ0v) is 32.7. The van der Waals surface area contributed by atoms with Crippen LogP contribution in [0.1, 0.15) is 73.2 Å². The van der Waals surface area contributed by atoms with Crippen molar-refractivity contribution < 1.29 is 62.4 Å². The zero-order chi connectivity index (χ0) is 41.5. The van der Waals surface area contributed by atoms with Gasteiger partial charge in [-0.25, -0.2) is 19.4 Å². The van der Waals surface area contributed by atoms with Crippen LogP contribution in [-0.4, -0.2) is 63.4 Å². The van der Waals surface area contributed by atoms with Gasteiger partial charge in [0, 0.05) is 24.3 Å². The van der Waals surface area contributed by atoms with E-state index in [1.165, 1.54) is 72.4 Å². The predicted octanol–water partition coefficient (Wildman–Crippen LogP) is 8.59. The van der Waals surface area contributed by atoms with E-state index in [0.29, 0.717) is 5.69 Å².